The van der Waals surface area contributed by atoms with Gasteiger partial charge in [-0.1, -0.05) is 0 Å². The molecule has 0 aliphatic carbocycles. The molecular formula is C11H20N4O2. The average Bonchev–Trinajstić information content (AvgIpc) is 2.63. The van der Waals surface area contributed by atoms with Crippen molar-refractivity contribution in [3.63, 3.8) is 0 Å². The Morgan fingerprint density at radius 1 is 1.59 bits per heavy atom. The smallest absolute Gasteiger partial charge is 0.320 e. The molecule has 1 aromatic heterocycles. The van der Waals surface area contributed by atoms with Gasteiger partial charge in [-0.15, -0.1) is 10.2 Å². The molecule has 0 amide bonds. The first-order chi connectivity index (χ1) is 8.04. The number of esters is 1. The predicted molar refractivity (Wildman–Crippen MR) is 63.2 cm³/mol. The van der Waals surface area contributed by atoms with E-state index in [2.05, 4.69) is 10.2 Å². The van der Waals surface area contributed by atoms with Crippen molar-refractivity contribution in [2.24, 2.45) is 7.05 Å². The minimum absolute atomic E-state index is 0.205. The molecule has 1 aromatic rings. The molecule has 1 heterocycles. The standard InChI is InChI=1S/C11H20N4O2/c1-5-17-11(16)7-15(9(2)3)6-10-13-12-8-14(10)4/h8-9H,5-7H2,1-4H3. The maximum atomic E-state index is 11.5. The fourth-order valence-corrected chi connectivity index (χ4v) is 1.43. The van der Waals surface area contributed by atoms with Gasteiger partial charge >= 0.3 is 5.97 Å². The highest BCUT2D eigenvalue weighted by atomic mass is 16.5. The lowest BCUT2D eigenvalue weighted by molar-refractivity contribution is -0.145. The van der Waals surface area contributed by atoms with Gasteiger partial charge in [-0.2, -0.15) is 0 Å². The van der Waals surface area contributed by atoms with Crippen LogP contribution in [0.15, 0.2) is 6.33 Å². The molecule has 6 heteroatoms. The normalized spacial score (nSPS) is 11.2. The molecule has 0 atom stereocenters. The largest absolute Gasteiger partial charge is 0.465 e. The number of carbonyl (C=O) groups is 1. The van der Waals surface area contributed by atoms with Crippen molar-refractivity contribution in [3.05, 3.63) is 12.2 Å². The third-order valence-electron chi connectivity index (χ3n) is 2.52. The lowest BCUT2D eigenvalue weighted by atomic mass is 10.3. The Hall–Kier alpha value is -1.43. The number of ether oxygens (including phenoxy) is 1. The lowest BCUT2D eigenvalue weighted by Crippen LogP contribution is -2.36. The highest BCUT2D eigenvalue weighted by molar-refractivity contribution is 5.71. The summed E-state index contributed by atoms with van der Waals surface area (Å²) in [6.45, 7) is 7.16. The van der Waals surface area contributed by atoms with Crippen molar-refractivity contribution < 1.29 is 9.53 Å². The zero-order valence-electron chi connectivity index (χ0n) is 10.9. The summed E-state index contributed by atoms with van der Waals surface area (Å²) in [5.41, 5.74) is 0. The summed E-state index contributed by atoms with van der Waals surface area (Å²) in [6.07, 6.45) is 1.65. The van der Waals surface area contributed by atoms with Crippen molar-refractivity contribution in [3.8, 4) is 0 Å². The van der Waals surface area contributed by atoms with E-state index in [-0.39, 0.29) is 18.6 Å². The Bertz CT molecular complexity index is 362. The third kappa shape index (κ3) is 4.14. The van der Waals surface area contributed by atoms with E-state index in [9.17, 15) is 4.79 Å². The van der Waals surface area contributed by atoms with Crippen LogP contribution in [0.4, 0.5) is 0 Å². The minimum atomic E-state index is -0.205. The van der Waals surface area contributed by atoms with Crippen LogP contribution in [-0.2, 0) is 23.1 Å². The zero-order valence-corrected chi connectivity index (χ0v) is 10.9. The van der Waals surface area contributed by atoms with Gasteiger partial charge in [-0.25, -0.2) is 0 Å². The monoisotopic (exact) mass is 240 g/mol. The third-order valence-corrected chi connectivity index (χ3v) is 2.52. The van der Waals surface area contributed by atoms with Gasteiger partial charge in [0.05, 0.1) is 19.7 Å². The molecule has 1 rings (SSSR count). The highest BCUT2D eigenvalue weighted by Crippen LogP contribution is 2.05. The molecule has 0 spiro atoms. The minimum Gasteiger partial charge on any atom is -0.465 e. The second kappa shape index (κ2) is 6.34. The van der Waals surface area contributed by atoms with Crippen LogP contribution in [0.1, 0.15) is 26.6 Å². The van der Waals surface area contributed by atoms with E-state index in [1.54, 1.807) is 13.3 Å². The molecule has 0 unspecified atom stereocenters. The number of rotatable bonds is 6. The van der Waals surface area contributed by atoms with E-state index in [0.29, 0.717) is 13.2 Å². The summed E-state index contributed by atoms with van der Waals surface area (Å²) < 4.78 is 6.80. The van der Waals surface area contributed by atoms with Crippen LogP contribution in [0.3, 0.4) is 0 Å². The molecule has 0 radical (unpaired) electrons. The van der Waals surface area contributed by atoms with Crippen molar-refractivity contribution in [2.45, 2.75) is 33.4 Å². The predicted octanol–water partition coefficient (Wildman–Crippen LogP) is 0.589. The van der Waals surface area contributed by atoms with Gasteiger partial charge < -0.3 is 9.30 Å². The summed E-state index contributed by atoms with van der Waals surface area (Å²) in [7, 11) is 1.89. The van der Waals surface area contributed by atoms with E-state index in [0.717, 1.165) is 5.82 Å². The van der Waals surface area contributed by atoms with E-state index in [1.807, 2.05) is 30.4 Å². The van der Waals surface area contributed by atoms with Crippen LogP contribution in [-0.4, -0.2) is 44.8 Å². The van der Waals surface area contributed by atoms with Gasteiger partial charge in [0.15, 0.2) is 0 Å². The lowest BCUT2D eigenvalue weighted by Gasteiger charge is -2.24. The van der Waals surface area contributed by atoms with Gasteiger partial charge in [-0.05, 0) is 20.8 Å². The molecule has 0 saturated heterocycles. The fourth-order valence-electron chi connectivity index (χ4n) is 1.43. The number of carbonyl (C=O) groups excluding carboxylic acids is 1. The van der Waals surface area contributed by atoms with Crippen molar-refractivity contribution in [2.75, 3.05) is 13.2 Å². The van der Waals surface area contributed by atoms with Crippen LogP contribution in [0.2, 0.25) is 0 Å². The Morgan fingerprint density at radius 3 is 2.76 bits per heavy atom. The fraction of sp³-hybridized carbons (Fsp3) is 0.727. The van der Waals surface area contributed by atoms with Crippen molar-refractivity contribution >= 4 is 5.97 Å². The molecule has 0 bridgehead atoms. The van der Waals surface area contributed by atoms with Crippen molar-refractivity contribution in [1.82, 2.24) is 19.7 Å². The molecule has 0 N–H and O–H groups in total. The SMILES string of the molecule is CCOC(=O)CN(Cc1nncn1C)C(C)C. The number of aromatic nitrogens is 3. The van der Waals surface area contributed by atoms with Gasteiger partial charge in [0, 0.05) is 13.1 Å². The number of nitrogens with zero attached hydrogens (tertiary/aromatic N) is 4. The molecule has 0 fully saturated rings. The summed E-state index contributed by atoms with van der Waals surface area (Å²) >= 11 is 0. The van der Waals surface area contributed by atoms with Crippen molar-refractivity contribution in [1.29, 1.82) is 0 Å². The first-order valence-corrected chi connectivity index (χ1v) is 5.77. The summed E-state index contributed by atoms with van der Waals surface area (Å²) in [4.78, 5) is 13.5. The second-order valence-electron chi connectivity index (χ2n) is 4.16. The van der Waals surface area contributed by atoms with E-state index >= 15 is 0 Å². The first-order valence-electron chi connectivity index (χ1n) is 5.77. The molecule has 0 aromatic carbocycles. The van der Waals surface area contributed by atoms with Crippen LogP contribution in [0.25, 0.3) is 0 Å². The van der Waals surface area contributed by atoms with E-state index in [4.69, 9.17) is 4.74 Å². The van der Waals surface area contributed by atoms with Crippen LogP contribution in [0, 0.1) is 0 Å². The van der Waals surface area contributed by atoms with Crippen LogP contribution < -0.4 is 0 Å². The Kier molecular flexibility index (Phi) is 5.09. The summed E-state index contributed by atoms with van der Waals surface area (Å²) in [5, 5.41) is 7.83. The topological polar surface area (TPSA) is 60.2 Å². The van der Waals surface area contributed by atoms with Crippen LogP contribution >= 0.6 is 0 Å². The first kappa shape index (κ1) is 13.6. The maximum absolute atomic E-state index is 11.5. The van der Waals surface area contributed by atoms with E-state index < -0.39 is 0 Å². The molecule has 96 valence electrons. The van der Waals surface area contributed by atoms with Gasteiger partial charge in [-0.3, -0.25) is 9.69 Å². The summed E-state index contributed by atoms with van der Waals surface area (Å²) in [5.74, 6) is 0.631. The molecule has 17 heavy (non-hydrogen) atoms. The number of hydrogen-bond donors (Lipinski definition) is 0. The zero-order chi connectivity index (χ0) is 12.8. The average molecular weight is 240 g/mol. The maximum Gasteiger partial charge on any atom is 0.320 e. The Labute approximate surface area is 102 Å². The van der Waals surface area contributed by atoms with Crippen LogP contribution in [0.5, 0.6) is 0 Å². The number of aryl methyl sites for hydroxylation is 1. The van der Waals surface area contributed by atoms with Gasteiger partial charge in [0.2, 0.25) is 0 Å². The summed E-state index contributed by atoms with van der Waals surface area (Å²) in [6, 6.07) is 0.246. The Balaban J connectivity index is 2.61. The molecule has 6 nitrogen and oxygen atoms in total. The van der Waals surface area contributed by atoms with E-state index in [1.165, 1.54) is 0 Å². The molecule has 0 saturated carbocycles. The molecule has 0 aliphatic heterocycles. The van der Waals surface area contributed by atoms with Gasteiger partial charge in [0.25, 0.3) is 0 Å². The second-order valence-corrected chi connectivity index (χ2v) is 4.16. The highest BCUT2D eigenvalue weighted by Gasteiger charge is 2.17. The Morgan fingerprint density at radius 2 is 2.29 bits per heavy atom. The van der Waals surface area contributed by atoms with Gasteiger partial charge in [0.1, 0.15) is 12.2 Å². The number of hydrogen-bond acceptors (Lipinski definition) is 5. The molecular weight excluding hydrogens is 220 g/mol. The molecule has 0 aliphatic rings. The quantitative estimate of drug-likeness (QED) is 0.681.